The van der Waals surface area contributed by atoms with Crippen LogP contribution in [0.25, 0.3) is 0 Å². The van der Waals surface area contributed by atoms with Crippen molar-refractivity contribution < 1.29 is 19.8 Å². The normalized spacial score (nSPS) is 26.7. The molecule has 124 valence electrons. The highest BCUT2D eigenvalue weighted by Gasteiger charge is 2.44. The van der Waals surface area contributed by atoms with Gasteiger partial charge in [-0.05, 0) is 60.1 Å². The van der Waals surface area contributed by atoms with Gasteiger partial charge in [0.25, 0.3) is 0 Å². The summed E-state index contributed by atoms with van der Waals surface area (Å²) in [4.78, 5) is 28.8. The first-order valence-corrected chi connectivity index (χ1v) is 7.83. The van der Waals surface area contributed by atoms with Gasteiger partial charge in [-0.2, -0.15) is 0 Å². The molecular formula is C18H18N2O4. The van der Waals surface area contributed by atoms with Crippen molar-refractivity contribution >= 4 is 11.9 Å². The second-order valence-corrected chi connectivity index (χ2v) is 6.13. The summed E-state index contributed by atoms with van der Waals surface area (Å²) in [5, 5.41) is 17.3. The van der Waals surface area contributed by atoms with Crippen LogP contribution in [-0.2, 0) is 9.59 Å². The molecule has 24 heavy (non-hydrogen) atoms. The molecule has 2 N–H and O–H groups in total. The minimum atomic E-state index is -0.684. The first-order chi connectivity index (χ1) is 11.6. The smallest absolute Gasteiger partial charge is 0.307 e. The summed E-state index contributed by atoms with van der Waals surface area (Å²) in [6.07, 6.45) is 8.36. The maximum atomic E-state index is 10.5. The van der Waals surface area contributed by atoms with E-state index >= 15 is 0 Å². The molecule has 2 fully saturated rings. The number of aromatic nitrogens is 2. The lowest BCUT2D eigenvalue weighted by molar-refractivity contribution is -0.139. The molecule has 0 bridgehead atoms. The summed E-state index contributed by atoms with van der Waals surface area (Å²) in [7, 11) is 0. The lowest BCUT2D eigenvalue weighted by atomic mass is 10.1. The fraction of sp³-hybridized carbons (Fsp3) is 0.333. The molecule has 0 saturated heterocycles. The van der Waals surface area contributed by atoms with Crippen LogP contribution in [0.2, 0.25) is 0 Å². The second-order valence-electron chi connectivity index (χ2n) is 6.13. The summed E-state index contributed by atoms with van der Waals surface area (Å²) >= 11 is 0. The topological polar surface area (TPSA) is 100 Å². The maximum Gasteiger partial charge on any atom is 0.307 e. The maximum absolute atomic E-state index is 10.5. The molecule has 0 amide bonds. The number of rotatable bonds is 4. The van der Waals surface area contributed by atoms with Gasteiger partial charge in [0, 0.05) is 24.8 Å². The molecule has 0 radical (unpaired) electrons. The summed E-state index contributed by atoms with van der Waals surface area (Å²) in [6.45, 7) is 0. The van der Waals surface area contributed by atoms with Crippen molar-refractivity contribution in [2.75, 3.05) is 0 Å². The molecule has 2 aliphatic rings. The average molecular weight is 326 g/mol. The molecule has 4 rings (SSSR count). The fourth-order valence-corrected chi connectivity index (χ4v) is 2.89. The molecule has 6 heteroatoms. The van der Waals surface area contributed by atoms with Crippen molar-refractivity contribution in [3.05, 3.63) is 60.2 Å². The predicted octanol–water partition coefficient (Wildman–Crippen LogP) is 2.54. The molecule has 0 spiro atoms. The fourth-order valence-electron chi connectivity index (χ4n) is 2.89. The van der Waals surface area contributed by atoms with Gasteiger partial charge in [0.2, 0.25) is 0 Å². The second kappa shape index (κ2) is 6.78. The first kappa shape index (κ1) is 16.1. The highest BCUT2D eigenvalue weighted by atomic mass is 16.4. The Bertz CT molecular complexity index is 657. The van der Waals surface area contributed by atoms with E-state index in [4.69, 9.17) is 10.2 Å². The van der Waals surface area contributed by atoms with E-state index in [1.165, 1.54) is 0 Å². The van der Waals surface area contributed by atoms with Gasteiger partial charge in [0.15, 0.2) is 0 Å². The van der Waals surface area contributed by atoms with E-state index in [-0.39, 0.29) is 23.7 Å². The zero-order chi connectivity index (χ0) is 17.1. The highest BCUT2D eigenvalue weighted by Crippen LogP contribution is 2.47. The minimum Gasteiger partial charge on any atom is -0.481 e. The third kappa shape index (κ3) is 3.76. The Morgan fingerprint density at radius 3 is 1.33 bits per heavy atom. The van der Waals surface area contributed by atoms with E-state index in [2.05, 4.69) is 9.97 Å². The SMILES string of the molecule is O=C(O)[C@@H]1C[C@H]1c1ccncc1.O=C(O)[C@H]1C[C@@H]1c1ccncc1. The van der Waals surface area contributed by atoms with Gasteiger partial charge in [-0.25, -0.2) is 0 Å². The highest BCUT2D eigenvalue weighted by molar-refractivity contribution is 5.75. The molecule has 0 aromatic carbocycles. The zero-order valence-electron chi connectivity index (χ0n) is 12.9. The van der Waals surface area contributed by atoms with Crippen molar-refractivity contribution in [2.45, 2.75) is 24.7 Å². The van der Waals surface area contributed by atoms with Gasteiger partial charge in [-0.15, -0.1) is 0 Å². The summed E-state index contributed by atoms with van der Waals surface area (Å²) in [6, 6.07) is 7.53. The van der Waals surface area contributed by atoms with Crippen LogP contribution in [0.3, 0.4) is 0 Å². The number of carboxylic acids is 2. The van der Waals surface area contributed by atoms with Crippen LogP contribution in [-0.4, -0.2) is 32.1 Å². The number of hydrogen-bond acceptors (Lipinski definition) is 4. The molecule has 2 aromatic rings. The monoisotopic (exact) mass is 326 g/mol. The first-order valence-electron chi connectivity index (χ1n) is 7.83. The number of pyridine rings is 2. The van der Waals surface area contributed by atoms with Crippen molar-refractivity contribution in [3.8, 4) is 0 Å². The third-order valence-electron chi connectivity index (χ3n) is 4.48. The Morgan fingerprint density at radius 1 is 0.750 bits per heavy atom. The summed E-state index contributed by atoms with van der Waals surface area (Å²) in [5.41, 5.74) is 2.19. The van der Waals surface area contributed by atoms with E-state index in [1.54, 1.807) is 24.8 Å². The Kier molecular flexibility index (Phi) is 4.55. The molecule has 4 atom stereocenters. The van der Waals surface area contributed by atoms with Crippen molar-refractivity contribution in [1.29, 1.82) is 0 Å². The average Bonchev–Trinajstić information content (AvgIpc) is 3.49. The quantitative estimate of drug-likeness (QED) is 0.895. The lowest BCUT2D eigenvalue weighted by Crippen LogP contribution is -1.98. The van der Waals surface area contributed by atoms with Crippen LogP contribution >= 0.6 is 0 Å². The number of carbonyl (C=O) groups is 2. The van der Waals surface area contributed by atoms with Gasteiger partial charge in [0.1, 0.15) is 0 Å². The Morgan fingerprint density at radius 2 is 1.08 bits per heavy atom. The van der Waals surface area contributed by atoms with Gasteiger partial charge in [0.05, 0.1) is 11.8 Å². The summed E-state index contributed by atoms with van der Waals surface area (Å²) in [5.74, 6) is -1.23. The van der Waals surface area contributed by atoms with E-state index < -0.39 is 11.9 Å². The van der Waals surface area contributed by atoms with Crippen LogP contribution in [0.5, 0.6) is 0 Å². The van der Waals surface area contributed by atoms with E-state index in [0.29, 0.717) is 0 Å². The van der Waals surface area contributed by atoms with E-state index in [0.717, 1.165) is 24.0 Å². The molecule has 2 aliphatic carbocycles. The van der Waals surface area contributed by atoms with Crippen molar-refractivity contribution in [2.24, 2.45) is 11.8 Å². The minimum absolute atomic E-state index is 0.160. The van der Waals surface area contributed by atoms with Crippen LogP contribution in [0, 0.1) is 11.8 Å². The van der Waals surface area contributed by atoms with Crippen LogP contribution in [0.15, 0.2) is 49.1 Å². The van der Waals surface area contributed by atoms with Crippen LogP contribution < -0.4 is 0 Å². The van der Waals surface area contributed by atoms with Crippen LogP contribution in [0.4, 0.5) is 0 Å². The Hall–Kier alpha value is -2.76. The summed E-state index contributed by atoms with van der Waals surface area (Å²) < 4.78 is 0. The molecule has 2 heterocycles. The molecule has 6 nitrogen and oxygen atoms in total. The number of aliphatic carboxylic acids is 2. The van der Waals surface area contributed by atoms with Gasteiger partial charge in [-0.1, -0.05) is 0 Å². The molecule has 0 unspecified atom stereocenters. The van der Waals surface area contributed by atoms with Gasteiger partial charge in [-0.3, -0.25) is 19.6 Å². The standard InChI is InChI=1S/2C9H9NO2/c2*11-9(12)8-5-7(8)6-1-3-10-4-2-6/h2*1-4,7-8H,5H2,(H,11,12)/t2*7-,8+/m10/s1. The number of nitrogens with zero attached hydrogens (tertiary/aromatic N) is 2. The lowest BCUT2D eigenvalue weighted by Gasteiger charge is -1.95. The molecule has 2 aromatic heterocycles. The van der Waals surface area contributed by atoms with E-state index in [9.17, 15) is 9.59 Å². The Labute approximate surface area is 139 Å². The van der Waals surface area contributed by atoms with E-state index in [1.807, 2.05) is 24.3 Å². The molecule has 0 aliphatic heterocycles. The number of hydrogen-bond donors (Lipinski definition) is 2. The molecular weight excluding hydrogens is 308 g/mol. The van der Waals surface area contributed by atoms with Crippen molar-refractivity contribution in [3.63, 3.8) is 0 Å². The van der Waals surface area contributed by atoms with Gasteiger partial charge < -0.3 is 10.2 Å². The molecule has 2 saturated carbocycles. The predicted molar refractivity (Wildman–Crippen MR) is 85.4 cm³/mol. The largest absolute Gasteiger partial charge is 0.481 e. The van der Waals surface area contributed by atoms with Crippen LogP contribution in [0.1, 0.15) is 35.8 Å². The third-order valence-corrected chi connectivity index (χ3v) is 4.48. The zero-order valence-corrected chi connectivity index (χ0v) is 12.9. The number of carboxylic acid groups (broad SMARTS) is 2. The van der Waals surface area contributed by atoms with Crippen molar-refractivity contribution in [1.82, 2.24) is 9.97 Å². The van der Waals surface area contributed by atoms with Gasteiger partial charge >= 0.3 is 11.9 Å². The Balaban J connectivity index is 0.000000141.